The SMILES string of the molecule is CCOC(=O)CCCNC(=O)C(NC(=O)c1ccc(F)cc1)C(C)C. The Kier molecular flexibility index (Phi) is 8.60. The van der Waals surface area contributed by atoms with Gasteiger partial charge in [-0.2, -0.15) is 0 Å². The largest absolute Gasteiger partial charge is 0.466 e. The zero-order valence-corrected chi connectivity index (χ0v) is 14.8. The second-order valence-corrected chi connectivity index (χ2v) is 5.90. The highest BCUT2D eigenvalue weighted by atomic mass is 19.1. The van der Waals surface area contributed by atoms with E-state index in [1.165, 1.54) is 24.3 Å². The van der Waals surface area contributed by atoms with Crippen molar-refractivity contribution in [3.8, 4) is 0 Å². The van der Waals surface area contributed by atoms with E-state index in [4.69, 9.17) is 4.74 Å². The first-order chi connectivity index (χ1) is 11.8. The third-order valence-electron chi connectivity index (χ3n) is 3.50. The van der Waals surface area contributed by atoms with Crippen LogP contribution < -0.4 is 10.6 Å². The molecule has 7 heteroatoms. The lowest BCUT2D eigenvalue weighted by molar-refractivity contribution is -0.143. The normalized spacial score (nSPS) is 11.7. The van der Waals surface area contributed by atoms with E-state index in [0.29, 0.717) is 19.6 Å². The van der Waals surface area contributed by atoms with E-state index in [1.807, 2.05) is 13.8 Å². The van der Waals surface area contributed by atoms with Gasteiger partial charge in [0, 0.05) is 18.5 Å². The minimum absolute atomic E-state index is 0.130. The van der Waals surface area contributed by atoms with Gasteiger partial charge in [-0.1, -0.05) is 13.8 Å². The number of hydrogen-bond donors (Lipinski definition) is 2. The van der Waals surface area contributed by atoms with Crippen LogP contribution in [0.25, 0.3) is 0 Å². The highest BCUT2D eigenvalue weighted by molar-refractivity contribution is 5.97. The third kappa shape index (κ3) is 7.32. The molecule has 0 heterocycles. The fourth-order valence-electron chi connectivity index (χ4n) is 2.15. The van der Waals surface area contributed by atoms with Crippen LogP contribution in [0.4, 0.5) is 4.39 Å². The number of amides is 2. The molecule has 6 nitrogen and oxygen atoms in total. The molecule has 2 amide bonds. The molecule has 0 bridgehead atoms. The standard InChI is InChI=1S/C18H25FN2O4/c1-4-25-15(22)6-5-11-20-18(24)16(12(2)3)21-17(23)13-7-9-14(19)10-8-13/h7-10,12,16H,4-6,11H2,1-3H3,(H,20,24)(H,21,23). The predicted molar refractivity (Wildman–Crippen MR) is 91.4 cm³/mol. The summed E-state index contributed by atoms with van der Waals surface area (Å²) in [6.45, 7) is 6.00. The molecule has 0 saturated heterocycles. The lowest BCUT2D eigenvalue weighted by Crippen LogP contribution is -2.49. The third-order valence-corrected chi connectivity index (χ3v) is 3.50. The molecule has 0 radical (unpaired) electrons. The Balaban J connectivity index is 2.52. The van der Waals surface area contributed by atoms with Crippen LogP contribution >= 0.6 is 0 Å². The van der Waals surface area contributed by atoms with Crippen molar-refractivity contribution in [2.45, 2.75) is 39.7 Å². The van der Waals surface area contributed by atoms with Gasteiger partial charge in [-0.15, -0.1) is 0 Å². The smallest absolute Gasteiger partial charge is 0.305 e. The molecule has 0 aliphatic carbocycles. The lowest BCUT2D eigenvalue weighted by atomic mass is 10.0. The molecule has 0 spiro atoms. The van der Waals surface area contributed by atoms with Crippen molar-refractivity contribution in [3.63, 3.8) is 0 Å². The first-order valence-electron chi connectivity index (χ1n) is 8.35. The summed E-state index contributed by atoms with van der Waals surface area (Å²) in [5.41, 5.74) is 0.280. The number of ether oxygens (including phenoxy) is 1. The molecular formula is C18H25FN2O4. The second kappa shape index (κ2) is 10.4. The van der Waals surface area contributed by atoms with Gasteiger partial charge >= 0.3 is 5.97 Å². The van der Waals surface area contributed by atoms with Gasteiger partial charge in [0.05, 0.1) is 6.61 Å². The van der Waals surface area contributed by atoms with Gasteiger partial charge in [-0.05, 0) is 43.5 Å². The van der Waals surface area contributed by atoms with Crippen molar-refractivity contribution >= 4 is 17.8 Å². The van der Waals surface area contributed by atoms with Crippen molar-refractivity contribution in [2.75, 3.05) is 13.2 Å². The maximum Gasteiger partial charge on any atom is 0.305 e. The minimum Gasteiger partial charge on any atom is -0.466 e. The van der Waals surface area contributed by atoms with Gasteiger partial charge < -0.3 is 15.4 Å². The fourth-order valence-corrected chi connectivity index (χ4v) is 2.15. The van der Waals surface area contributed by atoms with Crippen molar-refractivity contribution in [2.24, 2.45) is 5.92 Å². The number of carbonyl (C=O) groups is 3. The number of halogens is 1. The van der Waals surface area contributed by atoms with Crippen LogP contribution in [0.3, 0.4) is 0 Å². The number of nitrogens with one attached hydrogen (secondary N) is 2. The van der Waals surface area contributed by atoms with E-state index in [0.717, 1.165) is 0 Å². The van der Waals surface area contributed by atoms with E-state index in [2.05, 4.69) is 10.6 Å². The Morgan fingerprint density at radius 3 is 2.36 bits per heavy atom. The second-order valence-electron chi connectivity index (χ2n) is 5.90. The first-order valence-corrected chi connectivity index (χ1v) is 8.35. The maximum atomic E-state index is 12.9. The lowest BCUT2D eigenvalue weighted by Gasteiger charge is -2.21. The minimum atomic E-state index is -0.722. The van der Waals surface area contributed by atoms with Gasteiger partial charge in [0.25, 0.3) is 5.91 Å². The molecule has 1 aromatic carbocycles. The molecule has 1 unspecified atom stereocenters. The average Bonchev–Trinajstić information content (AvgIpc) is 2.56. The monoisotopic (exact) mass is 352 g/mol. The number of carbonyl (C=O) groups excluding carboxylic acids is 3. The molecule has 1 atom stereocenters. The van der Waals surface area contributed by atoms with Gasteiger partial charge in [-0.3, -0.25) is 14.4 Å². The van der Waals surface area contributed by atoms with Crippen LogP contribution in [0.5, 0.6) is 0 Å². The summed E-state index contributed by atoms with van der Waals surface area (Å²) < 4.78 is 17.7. The summed E-state index contributed by atoms with van der Waals surface area (Å²) in [6, 6.07) is 4.38. The Morgan fingerprint density at radius 1 is 1.16 bits per heavy atom. The highest BCUT2D eigenvalue weighted by Crippen LogP contribution is 2.07. The van der Waals surface area contributed by atoms with Crippen LogP contribution in [0.2, 0.25) is 0 Å². The van der Waals surface area contributed by atoms with E-state index in [1.54, 1.807) is 6.92 Å². The van der Waals surface area contributed by atoms with Crippen LogP contribution in [0.15, 0.2) is 24.3 Å². The molecule has 0 aliphatic rings. The maximum absolute atomic E-state index is 12.9. The molecule has 1 rings (SSSR count). The van der Waals surface area contributed by atoms with Gasteiger partial charge in [-0.25, -0.2) is 4.39 Å². The van der Waals surface area contributed by atoms with E-state index >= 15 is 0 Å². The van der Waals surface area contributed by atoms with Crippen LogP contribution in [-0.4, -0.2) is 37.0 Å². The zero-order chi connectivity index (χ0) is 18.8. The quantitative estimate of drug-likeness (QED) is 0.526. The fraction of sp³-hybridized carbons (Fsp3) is 0.500. The zero-order valence-electron chi connectivity index (χ0n) is 14.8. The van der Waals surface area contributed by atoms with E-state index < -0.39 is 17.8 Å². The van der Waals surface area contributed by atoms with Crippen molar-refractivity contribution in [1.82, 2.24) is 10.6 Å². The van der Waals surface area contributed by atoms with Gasteiger partial charge in [0.15, 0.2) is 0 Å². The van der Waals surface area contributed by atoms with Crippen LogP contribution in [-0.2, 0) is 14.3 Å². The molecule has 0 fully saturated rings. The molecular weight excluding hydrogens is 327 g/mol. The summed E-state index contributed by atoms with van der Waals surface area (Å²) in [7, 11) is 0. The number of benzene rings is 1. The molecule has 0 aliphatic heterocycles. The summed E-state index contributed by atoms with van der Waals surface area (Å²) in [5, 5.41) is 5.36. The molecule has 25 heavy (non-hydrogen) atoms. The summed E-state index contributed by atoms with van der Waals surface area (Å²) in [5.74, 6) is -1.64. The Morgan fingerprint density at radius 2 is 1.80 bits per heavy atom. The van der Waals surface area contributed by atoms with Crippen LogP contribution in [0.1, 0.15) is 44.0 Å². The summed E-state index contributed by atoms with van der Waals surface area (Å²) >= 11 is 0. The predicted octanol–water partition coefficient (Wildman–Crippen LogP) is 2.04. The molecule has 0 aromatic heterocycles. The number of rotatable bonds is 9. The molecule has 2 N–H and O–H groups in total. The number of esters is 1. The van der Waals surface area contributed by atoms with E-state index in [9.17, 15) is 18.8 Å². The first kappa shape index (κ1) is 20.6. The Hall–Kier alpha value is -2.44. The Bertz CT molecular complexity index is 587. The summed E-state index contributed by atoms with van der Waals surface area (Å²) in [4.78, 5) is 35.7. The van der Waals surface area contributed by atoms with Crippen molar-refractivity contribution < 1.29 is 23.5 Å². The average molecular weight is 352 g/mol. The molecule has 0 saturated carbocycles. The van der Waals surface area contributed by atoms with Crippen molar-refractivity contribution in [1.29, 1.82) is 0 Å². The topological polar surface area (TPSA) is 84.5 Å². The highest BCUT2D eigenvalue weighted by Gasteiger charge is 2.24. The number of hydrogen-bond acceptors (Lipinski definition) is 4. The molecule has 1 aromatic rings. The Labute approximate surface area is 147 Å². The van der Waals surface area contributed by atoms with Crippen LogP contribution in [0, 0.1) is 11.7 Å². The van der Waals surface area contributed by atoms with Gasteiger partial charge in [0.2, 0.25) is 5.91 Å². The summed E-state index contributed by atoms with van der Waals surface area (Å²) in [6.07, 6.45) is 0.684. The molecule has 138 valence electrons. The van der Waals surface area contributed by atoms with E-state index in [-0.39, 0.29) is 29.8 Å². The van der Waals surface area contributed by atoms with Gasteiger partial charge in [0.1, 0.15) is 11.9 Å². The van der Waals surface area contributed by atoms with Crippen molar-refractivity contribution in [3.05, 3.63) is 35.6 Å².